The molecule has 0 bridgehead atoms. The first-order chi connectivity index (χ1) is 4.66. The van der Waals surface area contributed by atoms with Gasteiger partial charge in [-0.3, -0.25) is 0 Å². The van der Waals surface area contributed by atoms with Gasteiger partial charge in [-0.05, 0) is 0 Å². The molecule has 0 unspecified atom stereocenters. The minimum Gasteiger partial charge on any atom is -0.402 e. The Kier molecular flexibility index (Phi) is 2.27. The quantitative estimate of drug-likeness (QED) is 0.363. The summed E-state index contributed by atoms with van der Waals surface area (Å²) in [5.74, 6) is 0. The van der Waals surface area contributed by atoms with E-state index in [-0.39, 0.29) is 19.8 Å². The molecule has 1 fully saturated rings. The first-order valence-electron chi connectivity index (χ1n) is 2.97. The molecule has 0 amide bonds. The monoisotopic (exact) mass is 147 g/mol. The fraction of sp³-hybridized carbons (Fsp3) is 1.00. The molecule has 0 aromatic carbocycles. The van der Waals surface area contributed by atoms with E-state index in [0.717, 1.165) is 0 Å². The lowest BCUT2D eigenvalue weighted by Gasteiger charge is -2.31. The van der Waals surface area contributed by atoms with Gasteiger partial charge in [-0.2, -0.15) is 0 Å². The summed E-state index contributed by atoms with van der Waals surface area (Å²) in [7, 11) is -1.19. The van der Waals surface area contributed by atoms with Gasteiger partial charge in [-0.25, -0.2) is 0 Å². The number of rotatable bonds is 1. The second kappa shape index (κ2) is 2.85. The maximum atomic E-state index is 8.67. The van der Waals surface area contributed by atoms with Crippen LogP contribution in [0.5, 0.6) is 0 Å². The van der Waals surface area contributed by atoms with E-state index in [2.05, 4.69) is 9.31 Å². The largest absolute Gasteiger partial charge is 0.636 e. The molecule has 0 aromatic heterocycles. The molecular weight excluding hydrogens is 137 g/mol. The van der Waals surface area contributed by atoms with Crippen molar-refractivity contribution in [3.05, 3.63) is 0 Å². The van der Waals surface area contributed by atoms with Crippen LogP contribution in [0.4, 0.5) is 0 Å². The van der Waals surface area contributed by atoms with Crippen LogP contribution in [0.3, 0.4) is 0 Å². The molecule has 6 heteroatoms. The highest BCUT2D eigenvalue weighted by Crippen LogP contribution is 2.08. The van der Waals surface area contributed by atoms with Crippen LogP contribution in [0.25, 0.3) is 0 Å². The summed E-state index contributed by atoms with van der Waals surface area (Å²) in [5, 5.41) is 17.3. The maximum absolute atomic E-state index is 8.67. The minimum atomic E-state index is -1.19. The topological polar surface area (TPSA) is 84.9 Å². The molecule has 10 heavy (non-hydrogen) atoms. The fourth-order valence-corrected chi connectivity index (χ4v) is 0.656. The van der Waals surface area contributed by atoms with E-state index < -0.39 is 12.9 Å². The highest BCUT2D eigenvalue weighted by Gasteiger charge is 2.35. The lowest BCUT2D eigenvalue weighted by molar-refractivity contribution is -0.00207. The Hall–Kier alpha value is -0.135. The first-order valence-corrected chi connectivity index (χ1v) is 2.97. The molecule has 0 atom stereocenters. The molecule has 5 nitrogen and oxygen atoms in total. The zero-order valence-corrected chi connectivity index (χ0v) is 5.49. The SMILES string of the molecule is NC1(CO)COB(O)OC1. The average molecular weight is 147 g/mol. The van der Waals surface area contributed by atoms with Crippen LogP contribution in [0, 0.1) is 0 Å². The van der Waals surface area contributed by atoms with Crippen molar-refractivity contribution in [3.63, 3.8) is 0 Å². The van der Waals surface area contributed by atoms with Gasteiger partial charge in [0.2, 0.25) is 0 Å². The van der Waals surface area contributed by atoms with Crippen LogP contribution in [-0.2, 0) is 9.31 Å². The van der Waals surface area contributed by atoms with E-state index in [9.17, 15) is 0 Å². The van der Waals surface area contributed by atoms with Crippen LogP contribution in [0.1, 0.15) is 0 Å². The van der Waals surface area contributed by atoms with E-state index in [1.54, 1.807) is 0 Å². The summed E-state index contributed by atoms with van der Waals surface area (Å²) in [5.41, 5.74) is 4.66. The number of aliphatic hydroxyl groups excluding tert-OH is 1. The normalized spacial score (nSPS) is 24.9. The number of nitrogens with two attached hydrogens (primary N) is 1. The Morgan fingerprint density at radius 3 is 2.40 bits per heavy atom. The highest BCUT2D eigenvalue weighted by atomic mass is 16.7. The molecular formula is C4H10BNO4. The molecule has 0 radical (unpaired) electrons. The van der Waals surface area contributed by atoms with Crippen molar-refractivity contribution in [1.29, 1.82) is 0 Å². The smallest absolute Gasteiger partial charge is 0.402 e. The van der Waals surface area contributed by atoms with Gasteiger partial charge in [0, 0.05) is 0 Å². The number of hydrogen-bond donors (Lipinski definition) is 3. The molecule has 1 rings (SSSR count). The summed E-state index contributed by atoms with van der Waals surface area (Å²) in [6.07, 6.45) is 0. The van der Waals surface area contributed by atoms with Crippen molar-refractivity contribution in [3.8, 4) is 0 Å². The standard InChI is InChI=1S/C4H10BNO4/c6-4(1-7)2-9-5(8)10-3-4/h7-8H,1-3,6H2. The first kappa shape index (κ1) is 7.97. The van der Waals surface area contributed by atoms with E-state index >= 15 is 0 Å². The van der Waals surface area contributed by atoms with E-state index in [1.807, 2.05) is 0 Å². The van der Waals surface area contributed by atoms with Crippen molar-refractivity contribution in [2.75, 3.05) is 19.8 Å². The second-order valence-electron chi connectivity index (χ2n) is 2.45. The van der Waals surface area contributed by atoms with Gasteiger partial charge in [-0.1, -0.05) is 0 Å². The van der Waals surface area contributed by atoms with Gasteiger partial charge in [-0.15, -0.1) is 0 Å². The Balaban J connectivity index is 2.38. The van der Waals surface area contributed by atoms with Gasteiger partial charge in [0.1, 0.15) is 0 Å². The van der Waals surface area contributed by atoms with Gasteiger partial charge >= 0.3 is 7.32 Å². The van der Waals surface area contributed by atoms with Gasteiger partial charge in [0.25, 0.3) is 0 Å². The Labute approximate surface area is 58.9 Å². The predicted molar refractivity (Wildman–Crippen MR) is 33.9 cm³/mol. The summed E-state index contributed by atoms with van der Waals surface area (Å²) in [6, 6.07) is 0. The lowest BCUT2D eigenvalue weighted by atomic mass is 10.0. The van der Waals surface area contributed by atoms with Gasteiger partial charge < -0.3 is 25.2 Å². The Bertz CT molecular complexity index is 114. The van der Waals surface area contributed by atoms with Crippen molar-refractivity contribution in [1.82, 2.24) is 0 Å². The molecule has 1 aliphatic rings. The zero-order valence-electron chi connectivity index (χ0n) is 5.49. The average Bonchev–Trinajstić information content (AvgIpc) is 1.96. The maximum Gasteiger partial charge on any atom is 0.636 e. The van der Waals surface area contributed by atoms with Crippen LogP contribution >= 0.6 is 0 Å². The summed E-state index contributed by atoms with van der Waals surface area (Å²) < 4.78 is 9.27. The third-order valence-corrected chi connectivity index (χ3v) is 1.34. The minimum absolute atomic E-state index is 0.116. The molecule has 1 saturated heterocycles. The molecule has 1 aliphatic heterocycles. The van der Waals surface area contributed by atoms with Gasteiger partial charge in [0.15, 0.2) is 0 Å². The van der Waals surface area contributed by atoms with Gasteiger partial charge in [0.05, 0.1) is 25.4 Å². The van der Waals surface area contributed by atoms with Crippen LogP contribution in [-0.4, -0.2) is 42.8 Å². The molecule has 0 aromatic rings. The highest BCUT2D eigenvalue weighted by molar-refractivity contribution is 6.34. The van der Waals surface area contributed by atoms with Crippen LogP contribution in [0.2, 0.25) is 0 Å². The van der Waals surface area contributed by atoms with E-state index in [1.165, 1.54) is 0 Å². The number of aliphatic hydroxyl groups is 1. The molecule has 4 N–H and O–H groups in total. The molecule has 0 spiro atoms. The fourth-order valence-electron chi connectivity index (χ4n) is 0.656. The third kappa shape index (κ3) is 1.68. The van der Waals surface area contributed by atoms with E-state index in [0.29, 0.717) is 0 Å². The van der Waals surface area contributed by atoms with Crippen molar-refractivity contribution in [2.24, 2.45) is 5.73 Å². The van der Waals surface area contributed by atoms with Crippen LogP contribution < -0.4 is 5.73 Å². The summed E-state index contributed by atoms with van der Waals surface area (Å²) in [6.45, 7) is 0.0229. The molecule has 0 aliphatic carbocycles. The number of hydrogen-bond acceptors (Lipinski definition) is 5. The van der Waals surface area contributed by atoms with E-state index in [4.69, 9.17) is 15.9 Å². The predicted octanol–water partition coefficient (Wildman–Crippen LogP) is -2.30. The Morgan fingerprint density at radius 1 is 1.50 bits per heavy atom. The molecule has 58 valence electrons. The van der Waals surface area contributed by atoms with Crippen molar-refractivity contribution >= 4 is 7.32 Å². The third-order valence-electron chi connectivity index (χ3n) is 1.34. The molecule has 0 saturated carbocycles. The summed E-state index contributed by atoms with van der Waals surface area (Å²) >= 11 is 0. The molecule has 1 heterocycles. The van der Waals surface area contributed by atoms with Crippen molar-refractivity contribution < 1.29 is 19.4 Å². The zero-order chi connectivity index (χ0) is 7.61. The summed E-state index contributed by atoms with van der Waals surface area (Å²) in [4.78, 5) is 0. The van der Waals surface area contributed by atoms with Crippen molar-refractivity contribution in [2.45, 2.75) is 5.54 Å². The Morgan fingerprint density at radius 2 is 2.00 bits per heavy atom. The second-order valence-corrected chi connectivity index (χ2v) is 2.45. The lowest BCUT2D eigenvalue weighted by Crippen LogP contribution is -2.58. The van der Waals surface area contributed by atoms with Crippen LogP contribution in [0.15, 0.2) is 0 Å².